The van der Waals surface area contributed by atoms with Crippen molar-refractivity contribution in [2.45, 2.75) is 33.1 Å². The molecule has 4 aromatic carbocycles. The molecule has 7 nitrogen and oxygen atoms in total. The molecule has 0 aliphatic carbocycles. The number of amides is 3. The third kappa shape index (κ3) is 7.03. The van der Waals surface area contributed by atoms with Gasteiger partial charge in [-0.05, 0) is 73.5 Å². The van der Waals surface area contributed by atoms with E-state index >= 15 is 0 Å². The Kier molecular flexibility index (Phi) is 8.69. The molecule has 0 radical (unpaired) electrons. The molecule has 0 fully saturated rings. The summed E-state index contributed by atoms with van der Waals surface area (Å²) in [7, 11) is 0. The molecule has 1 aliphatic rings. The number of hydrogen-bond acceptors (Lipinski definition) is 5. The van der Waals surface area contributed by atoms with E-state index in [0.29, 0.717) is 45.5 Å². The summed E-state index contributed by atoms with van der Waals surface area (Å²) in [6.07, 6.45) is 8.02. The summed E-state index contributed by atoms with van der Waals surface area (Å²) in [6.45, 7) is 7.61. The van der Waals surface area contributed by atoms with Crippen LogP contribution in [0.5, 0.6) is 23.0 Å². The van der Waals surface area contributed by atoms with E-state index in [-0.39, 0.29) is 23.1 Å². The Morgan fingerprint density at radius 3 is 1.91 bits per heavy atom. The molecule has 0 saturated carbocycles. The second-order valence-electron chi connectivity index (χ2n) is 11.2. The first-order valence-electron chi connectivity index (χ1n) is 14.3. The molecule has 0 saturated heterocycles. The molecule has 4 aromatic rings. The van der Waals surface area contributed by atoms with Crippen LogP contribution in [0, 0.1) is 12.3 Å². The number of imide groups is 1. The number of carbonyl (C=O) groups excluding carboxylic acids is 3. The lowest BCUT2D eigenvalue weighted by atomic mass is 9.78. The van der Waals surface area contributed by atoms with E-state index in [4.69, 9.17) is 15.9 Å². The van der Waals surface area contributed by atoms with E-state index < -0.39 is 0 Å². The Balaban J connectivity index is 1.24. The van der Waals surface area contributed by atoms with E-state index in [1.54, 1.807) is 56.3 Å². The zero-order valence-electron chi connectivity index (χ0n) is 25.5. The maximum Gasteiger partial charge on any atom is 0.261 e. The van der Waals surface area contributed by atoms with Gasteiger partial charge in [0.1, 0.15) is 23.0 Å². The molecule has 224 valence electrons. The third-order valence-corrected chi connectivity index (χ3v) is 7.48. The standard InChI is InChI=1S/C38H32N2O5/c1-6-25(2)21-35(41)39-29-9-7-11-33(23-29)44-31-17-13-27(14-18-31)38(4,5)28-15-19-32(20-16-28)45-34-12-8-10-30(24-34)40-36(42)22-26(3)37(40)43/h1,7-24H,2-5H3,(H,39,41)/b25-21-. The average molecular weight is 597 g/mol. The third-order valence-electron chi connectivity index (χ3n) is 7.48. The van der Waals surface area contributed by atoms with Crippen molar-refractivity contribution in [3.8, 4) is 35.3 Å². The van der Waals surface area contributed by atoms with Gasteiger partial charge in [0, 0.05) is 46.5 Å². The molecule has 1 heterocycles. The highest BCUT2D eigenvalue weighted by Crippen LogP contribution is 2.35. The topological polar surface area (TPSA) is 84.9 Å². The van der Waals surface area contributed by atoms with Crippen LogP contribution >= 0.6 is 0 Å². The number of nitrogens with zero attached hydrogens (tertiary/aromatic N) is 1. The summed E-state index contributed by atoms with van der Waals surface area (Å²) in [5.74, 6) is 3.83. The van der Waals surface area contributed by atoms with Gasteiger partial charge in [0.25, 0.3) is 11.8 Å². The molecule has 7 heteroatoms. The number of ether oxygens (including phenoxy) is 2. The predicted molar refractivity (Wildman–Crippen MR) is 176 cm³/mol. The van der Waals surface area contributed by atoms with Crippen LogP contribution in [0.4, 0.5) is 11.4 Å². The first kappa shape index (κ1) is 30.6. The largest absolute Gasteiger partial charge is 0.457 e. The fraction of sp³-hybridized carbons (Fsp3) is 0.132. The lowest BCUT2D eigenvalue weighted by molar-refractivity contribution is -0.120. The van der Waals surface area contributed by atoms with Crippen LogP contribution in [-0.2, 0) is 19.8 Å². The Labute approximate surface area is 262 Å². The SMILES string of the molecule is C#C/C(C)=C\C(=O)Nc1cccc(Oc2ccc(C(C)(C)c3ccc(Oc4cccc(N5C(=O)C=C(C)C5=O)c4)cc3)cc2)c1. The van der Waals surface area contributed by atoms with Gasteiger partial charge in [-0.1, -0.05) is 56.2 Å². The van der Waals surface area contributed by atoms with Crippen molar-refractivity contribution in [1.29, 1.82) is 0 Å². The zero-order valence-corrected chi connectivity index (χ0v) is 25.5. The van der Waals surface area contributed by atoms with Crippen molar-refractivity contribution in [2.24, 2.45) is 0 Å². The smallest absolute Gasteiger partial charge is 0.261 e. The van der Waals surface area contributed by atoms with E-state index in [1.807, 2.05) is 54.6 Å². The minimum atomic E-state index is -0.360. The molecule has 0 unspecified atom stereocenters. The zero-order chi connectivity index (χ0) is 32.1. The summed E-state index contributed by atoms with van der Waals surface area (Å²) >= 11 is 0. The van der Waals surface area contributed by atoms with Gasteiger partial charge >= 0.3 is 0 Å². The number of nitrogens with one attached hydrogen (secondary N) is 1. The van der Waals surface area contributed by atoms with Crippen LogP contribution in [0.25, 0.3) is 0 Å². The molecular weight excluding hydrogens is 564 g/mol. The first-order chi connectivity index (χ1) is 21.5. The van der Waals surface area contributed by atoms with Gasteiger partial charge in [0.2, 0.25) is 5.91 Å². The number of rotatable bonds is 9. The van der Waals surface area contributed by atoms with Gasteiger partial charge in [0.05, 0.1) is 5.69 Å². The summed E-state index contributed by atoms with van der Waals surface area (Å²) in [5, 5.41) is 2.79. The monoisotopic (exact) mass is 596 g/mol. The van der Waals surface area contributed by atoms with Gasteiger partial charge in [-0.2, -0.15) is 0 Å². The van der Waals surface area contributed by atoms with Gasteiger partial charge in [0.15, 0.2) is 0 Å². The number of terminal acetylenes is 1. The number of benzene rings is 4. The van der Waals surface area contributed by atoms with Crippen LogP contribution in [0.15, 0.2) is 120 Å². The van der Waals surface area contributed by atoms with Crippen LogP contribution in [0.1, 0.15) is 38.8 Å². The predicted octanol–water partition coefficient (Wildman–Crippen LogP) is 7.93. The molecule has 0 bridgehead atoms. The minimum absolute atomic E-state index is 0.302. The van der Waals surface area contributed by atoms with Crippen molar-refractivity contribution in [3.05, 3.63) is 131 Å². The van der Waals surface area contributed by atoms with Crippen molar-refractivity contribution in [2.75, 3.05) is 10.2 Å². The Morgan fingerprint density at radius 1 is 0.822 bits per heavy atom. The fourth-order valence-corrected chi connectivity index (χ4v) is 4.89. The van der Waals surface area contributed by atoms with E-state index in [1.165, 1.54) is 12.2 Å². The molecule has 1 N–H and O–H groups in total. The maximum atomic E-state index is 12.4. The van der Waals surface area contributed by atoms with Crippen LogP contribution in [0.3, 0.4) is 0 Å². The van der Waals surface area contributed by atoms with Gasteiger partial charge in [-0.15, -0.1) is 6.42 Å². The van der Waals surface area contributed by atoms with Gasteiger partial charge in [-0.3, -0.25) is 14.4 Å². The number of hydrogen-bond donors (Lipinski definition) is 1. The molecular formula is C38H32N2O5. The van der Waals surface area contributed by atoms with Crippen LogP contribution < -0.4 is 19.7 Å². The molecule has 0 atom stereocenters. The molecule has 1 aliphatic heterocycles. The Hall–Kier alpha value is -5.87. The lowest BCUT2D eigenvalue weighted by Crippen LogP contribution is -2.30. The number of carbonyl (C=O) groups is 3. The Bertz CT molecular complexity index is 1880. The fourth-order valence-electron chi connectivity index (χ4n) is 4.89. The molecule has 45 heavy (non-hydrogen) atoms. The first-order valence-corrected chi connectivity index (χ1v) is 14.3. The maximum absolute atomic E-state index is 12.4. The molecule has 5 rings (SSSR count). The summed E-state index contributed by atoms with van der Waals surface area (Å²) in [4.78, 5) is 37.9. The van der Waals surface area contributed by atoms with Crippen molar-refractivity contribution >= 4 is 29.1 Å². The minimum Gasteiger partial charge on any atom is -0.457 e. The normalized spacial score (nSPS) is 13.3. The van der Waals surface area contributed by atoms with Crippen LogP contribution in [-0.4, -0.2) is 17.7 Å². The second kappa shape index (κ2) is 12.8. The summed E-state index contributed by atoms with van der Waals surface area (Å²) in [6, 6.07) is 29.8. The quantitative estimate of drug-likeness (QED) is 0.120. The van der Waals surface area contributed by atoms with E-state index in [2.05, 4.69) is 25.1 Å². The highest BCUT2D eigenvalue weighted by molar-refractivity contribution is 6.30. The van der Waals surface area contributed by atoms with Crippen molar-refractivity contribution in [3.63, 3.8) is 0 Å². The Morgan fingerprint density at radius 2 is 1.38 bits per heavy atom. The average Bonchev–Trinajstić information content (AvgIpc) is 3.28. The summed E-state index contributed by atoms with van der Waals surface area (Å²) < 4.78 is 12.1. The molecule has 3 amide bonds. The van der Waals surface area contributed by atoms with E-state index in [9.17, 15) is 14.4 Å². The van der Waals surface area contributed by atoms with E-state index in [0.717, 1.165) is 16.0 Å². The molecule has 0 spiro atoms. The second-order valence-corrected chi connectivity index (χ2v) is 11.2. The highest BCUT2D eigenvalue weighted by Gasteiger charge is 2.30. The van der Waals surface area contributed by atoms with Gasteiger partial charge in [-0.25, -0.2) is 4.90 Å². The number of anilines is 2. The van der Waals surface area contributed by atoms with Crippen molar-refractivity contribution in [1.82, 2.24) is 0 Å². The highest BCUT2D eigenvalue weighted by atomic mass is 16.5. The van der Waals surface area contributed by atoms with Gasteiger partial charge < -0.3 is 14.8 Å². The van der Waals surface area contributed by atoms with Crippen LogP contribution in [0.2, 0.25) is 0 Å². The van der Waals surface area contributed by atoms with Crippen molar-refractivity contribution < 1.29 is 23.9 Å². The lowest BCUT2D eigenvalue weighted by Gasteiger charge is -2.26. The number of allylic oxidation sites excluding steroid dienone is 1. The molecule has 0 aromatic heterocycles. The summed E-state index contributed by atoms with van der Waals surface area (Å²) in [5.41, 5.74) is 3.88.